The molecule has 18 heteroatoms. The number of carbonyl (C=O) groups is 6. The van der Waals surface area contributed by atoms with Crippen LogP contribution in [-0.2, 0) is 33.3 Å². The van der Waals surface area contributed by atoms with Crippen molar-refractivity contribution < 1.29 is 97.5 Å². The van der Waals surface area contributed by atoms with Crippen molar-refractivity contribution in [1.82, 2.24) is 0 Å². The van der Waals surface area contributed by atoms with Crippen molar-refractivity contribution in [3.63, 3.8) is 0 Å². The first-order chi connectivity index (χ1) is 12.7. The maximum Gasteiger partial charge on any atom is 1.00 e. The van der Waals surface area contributed by atoms with Crippen molar-refractivity contribution in [2.45, 2.75) is 20.8 Å². The average Bonchev–Trinajstić information content (AvgIpc) is 2.51. The Bertz CT molecular complexity index is 519. The number of aliphatic carboxylic acids is 6. The van der Waals surface area contributed by atoms with Gasteiger partial charge in [-0.15, -0.1) is 0 Å². The maximum atomic E-state index is 9.76. The summed E-state index contributed by atoms with van der Waals surface area (Å²) in [6.45, 7) is 3.35. The molecular formula is C12H20LiO16P. The molecule has 0 unspecified atom stereocenters. The molecule has 0 aliphatic carbocycles. The van der Waals surface area contributed by atoms with Crippen molar-refractivity contribution >= 4 is 43.6 Å². The minimum absolute atomic E-state index is 0. The van der Waals surface area contributed by atoms with Crippen LogP contribution in [0.25, 0.3) is 0 Å². The summed E-state index contributed by atoms with van der Waals surface area (Å²) in [6.07, 6.45) is 0. The molecule has 0 heterocycles. The molecule has 0 atom stereocenters. The molecule has 0 saturated carbocycles. The summed E-state index contributed by atoms with van der Waals surface area (Å²) in [5.74, 6) is -11.7. The Hall–Kier alpha value is -2.47. The van der Waals surface area contributed by atoms with E-state index in [1.54, 1.807) is 0 Å². The second kappa shape index (κ2) is 18.5. The number of hydrogen-bond acceptors (Lipinski definition) is 8. The third kappa shape index (κ3) is 33.1. The summed E-state index contributed by atoms with van der Waals surface area (Å²) < 4.78 is 8.77. The minimum atomic E-state index is -4.89. The van der Waals surface area contributed by atoms with E-state index in [1.807, 2.05) is 0 Å². The first kappa shape index (κ1) is 38.2. The molecule has 0 aromatic carbocycles. The fraction of sp³-hybridized carbons (Fsp3) is 0.500. The van der Waals surface area contributed by atoms with Gasteiger partial charge in [-0.3, -0.25) is 33.3 Å². The first-order valence-electron chi connectivity index (χ1n) is 6.80. The third-order valence-electron chi connectivity index (χ3n) is 2.22. The van der Waals surface area contributed by atoms with Gasteiger partial charge in [-0.2, -0.15) is 0 Å². The summed E-state index contributed by atoms with van der Waals surface area (Å²) in [6, 6.07) is 0. The van der Waals surface area contributed by atoms with Gasteiger partial charge in [0.25, 0.3) is 7.82 Å². The SMILES string of the molecule is CC(C(=O)O)C(=O)O.CC(C(=O)O)C(=O)O.CC(C(=O)O)C(=O)O.O=P([O-])(O)O.[Li+]. The van der Waals surface area contributed by atoms with Gasteiger partial charge in [0.1, 0.15) is 0 Å². The number of phosphoric acid groups is 1. The molecule has 0 radical (unpaired) electrons. The molecule has 170 valence electrons. The third-order valence-corrected chi connectivity index (χ3v) is 2.22. The van der Waals surface area contributed by atoms with E-state index < -0.39 is 61.4 Å². The van der Waals surface area contributed by atoms with Gasteiger partial charge in [0.2, 0.25) is 0 Å². The number of hydrogen-bond donors (Lipinski definition) is 8. The van der Waals surface area contributed by atoms with Crippen LogP contribution in [0.1, 0.15) is 20.8 Å². The van der Waals surface area contributed by atoms with Crippen LogP contribution in [0.5, 0.6) is 0 Å². The Morgan fingerprint density at radius 3 is 0.633 bits per heavy atom. The average molecular weight is 458 g/mol. The van der Waals surface area contributed by atoms with Crippen molar-refractivity contribution in [3.05, 3.63) is 0 Å². The van der Waals surface area contributed by atoms with Gasteiger partial charge in [-0.1, -0.05) is 0 Å². The molecule has 0 aliphatic rings. The summed E-state index contributed by atoms with van der Waals surface area (Å²) in [4.78, 5) is 81.5. The zero-order valence-electron chi connectivity index (χ0n) is 16.0. The summed E-state index contributed by atoms with van der Waals surface area (Å²) >= 11 is 0. The predicted molar refractivity (Wildman–Crippen MR) is 85.4 cm³/mol. The molecule has 0 aromatic rings. The molecule has 8 N–H and O–H groups in total. The van der Waals surface area contributed by atoms with Crippen molar-refractivity contribution in [2.24, 2.45) is 17.8 Å². The summed E-state index contributed by atoms with van der Waals surface area (Å²) in [5, 5.41) is 47.8. The van der Waals surface area contributed by atoms with E-state index >= 15 is 0 Å². The number of rotatable bonds is 6. The molecular weight excluding hydrogens is 438 g/mol. The van der Waals surface area contributed by atoms with E-state index in [-0.39, 0.29) is 18.9 Å². The topological polar surface area (TPSA) is 304 Å². The van der Waals surface area contributed by atoms with Gasteiger partial charge >= 0.3 is 54.7 Å². The van der Waals surface area contributed by atoms with E-state index in [9.17, 15) is 28.8 Å². The molecule has 0 aromatic heterocycles. The molecule has 0 rings (SSSR count). The van der Waals surface area contributed by atoms with Crippen molar-refractivity contribution in [2.75, 3.05) is 0 Å². The molecule has 30 heavy (non-hydrogen) atoms. The molecule has 0 amide bonds. The summed E-state index contributed by atoms with van der Waals surface area (Å²) in [7, 11) is -4.89. The normalized spacial score (nSPS) is 9.37. The van der Waals surface area contributed by atoms with E-state index in [1.165, 1.54) is 0 Å². The smallest absolute Gasteiger partial charge is 0.756 e. The van der Waals surface area contributed by atoms with Crippen molar-refractivity contribution in [3.8, 4) is 0 Å². The Morgan fingerprint density at radius 1 is 0.567 bits per heavy atom. The van der Waals surface area contributed by atoms with E-state index in [4.69, 9.17) is 49.9 Å². The van der Waals surface area contributed by atoms with Crippen LogP contribution in [0.3, 0.4) is 0 Å². The number of carboxylic acid groups (broad SMARTS) is 6. The number of carboxylic acids is 6. The zero-order valence-corrected chi connectivity index (χ0v) is 16.9. The van der Waals surface area contributed by atoms with Crippen LogP contribution in [0.2, 0.25) is 0 Å². The van der Waals surface area contributed by atoms with Crippen LogP contribution in [-0.4, -0.2) is 76.2 Å². The van der Waals surface area contributed by atoms with Crippen molar-refractivity contribution in [1.29, 1.82) is 0 Å². The second-order valence-corrected chi connectivity index (χ2v) is 5.67. The van der Waals surface area contributed by atoms with Crippen LogP contribution < -0.4 is 23.8 Å². The van der Waals surface area contributed by atoms with E-state index in [0.717, 1.165) is 20.8 Å². The minimum Gasteiger partial charge on any atom is -0.756 e. The van der Waals surface area contributed by atoms with E-state index in [0.29, 0.717) is 0 Å². The molecule has 0 spiro atoms. The summed E-state index contributed by atoms with van der Waals surface area (Å²) in [5.41, 5.74) is 0. The Morgan fingerprint density at radius 2 is 0.633 bits per heavy atom. The molecule has 0 aliphatic heterocycles. The van der Waals surface area contributed by atoms with Gasteiger partial charge in [-0.25, -0.2) is 0 Å². The van der Waals surface area contributed by atoms with Gasteiger partial charge in [0, 0.05) is 0 Å². The largest absolute Gasteiger partial charge is 1.00 e. The standard InChI is InChI=1S/3C4H6O4.Li.H3O4P/c3*1-2(3(5)6)4(7)8;;1-5(2,3)4/h3*2H,1H3,(H,5,6)(H,7,8);;(H3,1,2,3,4)/q;;;+1;/p-1. The quantitative estimate of drug-likeness (QED) is 0.105. The second-order valence-electron chi connectivity index (χ2n) is 4.69. The monoisotopic (exact) mass is 458 g/mol. The molecule has 0 bridgehead atoms. The van der Waals surface area contributed by atoms with Gasteiger partial charge in [-0.05, 0) is 20.8 Å². The van der Waals surface area contributed by atoms with Gasteiger partial charge < -0.3 is 45.3 Å². The fourth-order valence-electron chi connectivity index (χ4n) is 0.317. The maximum absolute atomic E-state index is 9.76. The van der Waals surface area contributed by atoms with E-state index in [2.05, 4.69) is 0 Å². The predicted octanol–water partition coefficient (Wildman–Crippen LogP) is -5.18. The molecule has 16 nitrogen and oxygen atoms in total. The zero-order chi connectivity index (χ0) is 24.7. The first-order valence-corrected chi connectivity index (χ1v) is 8.33. The molecule has 0 fully saturated rings. The molecule has 0 saturated heterocycles. The van der Waals surface area contributed by atoms with Gasteiger partial charge in [0.05, 0.1) is 0 Å². The van der Waals surface area contributed by atoms with Crippen LogP contribution in [0.15, 0.2) is 0 Å². The van der Waals surface area contributed by atoms with Gasteiger partial charge in [0.15, 0.2) is 17.8 Å². The van der Waals surface area contributed by atoms with Crippen LogP contribution in [0, 0.1) is 17.8 Å². The Labute approximate surface area is 180 Å². The van der Waals surface area contributed by atoms with Crippen LogP contribution in [0.4, 0.5) is 0 Å². The Balaban J connectivity index is -0.0000000929. The van der Waals surface area contributed by atoms with Crippen LogP contribution >= 0.6 is 7.82 Å². The fourth-order valence-corrected chi connectivity index (χ4v) is 0.317. The Kier molecular flexibility index (Phi) is 23.6.